The second kappa shape index (κ2) is 11.3. The predicted octanol–water partition coefficient (Wildman–Crippen LogP) is 3.56. The normalized spacial score (nSPS) is 22.7. The smallest absolute Gasteiger partial charge is 0.338 e. The lowest BCUT2D eigenvalue weighted by Gasteiger charge is -2.33. The zero-order chi connectivity index (χ0) is 29.2. The summed E-state index contributed by atoms with van der Waals surface area (Å²) in [6.07, 6.45) is -4.35. The van der Waals surface area contributed by atoms with Gasteiger partial charge in [-0.05, 0) is 52.0 Å². The predicted molar refractivity (Wildman–Crippen MR) is 134 cm³/mol. The second-order valence-corrected chi connectivity index (χ2v) is 10.1. The lowest BCUT2D eigenvalue weighted by atomic mass is 10.0. The van der Waals surface area contributed by atoms with Crippen molar-refractivity contribution in [3.63, 3.8) is 0 Å². The minimum Gasteiger partial charge on any atom is -0.452 e. The third-order valence-corrected chi connectivity index (χ3v) is 6.23. The zero-order valence-electron chi connectivity index (χ0n) is 22.1. The molecular weight excluding hydrogens is 532 g/mol. The molecule has 0 N–H and O–H groups in total. The minimum absolute atomic E-state index is 0.0122. The number of carbonyl (C=O) groups is 2. The zero-order valence-corrected chi connectivity index (χ0v) is 22.1. The van der Waals surface area contributed by atoms with E-state index in [1.807, 2.05) is 0 Å². The van der Waals surface area contributed by atoms with Gasteiger partial charge < -0.3 is 28.4 Å². The van der Waals surface area contributed by atoms with Crippen molar-refractivity contribution in [2.45, 2.75) is 63.7 Å². The van der Waals surface area contributed by atoms with E-state index in [-0.39, 0.29) is 35.7 Å². The molecule has 14 nitrogen and oxygen atoms in total. The number of rotatable bonds is 9. The fourth-order valence-corrected chi connectivity index (χ4v) is 4.29. The molecule has 0 aromatic heterocycles. The van der Waals surface area contributed by atoms with Gasteiger partial charge in [0.25, 0.3) is 11.4 Å². The van der Waals surface area contributed by atoms with Crippen LogP contribution in [0.4, 0.5) is 11.4 Å². The molecule has 0 unspecified atom stereocenters. The molecular formula is C26H28N2O12. The van der Waals surface area contributed by atoms with Crippen LogP contribution < -0.4 is 0 Å². The first kappa shape index (κ1) is 29.0. The van der Waals surface area contributed by atoms with Crippen molar-refractivity contribution in [3.05, 3.63) is 79.9 Å². The number of nitrogens with zero attached hydrogens (tertiary/aromatic N) is 2. The standard InChI is InChI=1S/C26H28N2O12/c1-25(2)35-13-19(39-25)21(37-23(29)15-5-9-17(10-6-15)27(31)32)22(20-14-36-26(3,4)40-20)38-24(30)16-7-11-18(12-8-16)28(33)34/h5-12,19-22H,13-14H2,1-4H3/t19-,20-,21-,22+/m0/s1. The molecule has 2 fully saturated rings. The maximum absolute atomic E-state index is 13.2. The highest BCUT2D eigenvalue weighted by molar-refractivity contribution is 5.90. The number of hydrogen-bond acceptors (Lipinski definition) is 12. The number of nitro benzene ring substituents is 2. The molecule has 2 saturated heterocycles. The number of nitro groups is 2. The molecule has 4 rings (SSSR count). The molecule has 40 heavy (non-hydrogen) atoms. The van der Waals surface area contributed by atoms with E-state index in [0.29, 0.717) is 0 Å². The highest BCUT2D eigenvalue weighted by Crippen LogP contribution is 2.33. The van der Waals surface area contributed by atoms with E-state index >= 15 is 0 Å². The van der Waals surface area contributed by atoms with Crippen molar-refractivity contribution < 1.29 is 47.9 Å². The van der Waals surface area contributed by atoms with Crippen molar-refractivity contribution in [2.24, 2.45) is 0 Å². The van der Waals surface area contributed by atoms with Gasteiger partial charge in [-0.1, -0.05) is 0 Å². The van der Waals surface area contributed by atoms with Crippen LogP contribution in [0, 0.1) is 20.2 Å². The van der Waals surface area contributed by atoms with E-state index in [4.69, 9.17) is 28.4 Å². The summed E-state index contributed by atoms with van der Waals surface area (Å²) < 4.78 is 34.9. The van der Waals surface area contributed by atoms with Gasteiger partial charge in [0, 0.05) is 24.3 Å². The lowest BCUT2D eigenvalue weighted by molar-refractivity contribution is -0.385. The van der Waals surface area contributed by atoms with Crippen molar-refractivity contribution in [1.29, 1.82) is 0 Å². The molecule has 0 amide bonds. The second-order valence-electron chi connectivity index (χ2n) is 10.1. The number of hydrogen-bond donors (Lipinski definition) is 0. The Morgan fingerprint density at radius 2 is 1.05 bits per heavy atom. The van der Waals surface area contributed by atoms with E-state index in [2.05, 4.69) is 0 Å². The molecule has 0 spiro atoms. The van der Waals surface area contributed by atoms with Gasteiger partial charge >= 0.3 is 11.9 Å². The third-order valence-electron chi connectivity index (χ3n) is 6.23. The Bertz CT molecular complexity index is 1180. The van der Waals surface area contributed by atoms with Crippen molar-refractivity contribution in [2.75, 3.05) is 13.2 Å². The number of non-ortho nitro benzene ring substituents is 2. The average molecular weight is 561 g/mol. The maximum atomic E-state index is 13.2. The van der Waals surface area contributed by atoms with Crippen LogP contribution in [-0.4, -0.2) is 71.0 Å². The molecule has 0 saturated carbocycles. The van der Waals surface area contributed by atoms with Gasteiger partial charge in [0.2, 0.25) is 0 Å². The number of benzene rings is 2. The Hall–Kier alpha value is -3.98. The van der Waals surface area contributed by atoms with Crippen LogP contribution in [0.25, 0.3) is 0 Å². The molecule has 2 aromatic rings. The van der Waals surface area contributed by atoms with Crippen LogP contribution in [0.5, 0.6) is 0 Å². The molecule has 2 aliphatic rings. The quantitative estimate of drug-likeness (QED) is 0.248. The summed E-state index contributed by atoms with van der Waals surface area (Å²) in [4.78, 5) is 47.2. The Balaban J connectivity index is 1.66. The van der Waals surface area contributed by atoms with Crippen LogP contribution in [-0.2, 0) is 28.4 Å². The molecule has 0 radical (unpaired) electrons. The minimum atomic E-state index is -1.27. The van der Waals surface area contributed by atoms with Crippen molar-refractivity contribution >= 4 is 23.3 Å². The van der Waals surface area contributed by atoms with Crippen molar-refractivity contribution in [3.8, 4) is 0 Å². The van der Waals surface area contributed by atoms with Gasteiger partial charge in [0.1, 0.15) is 12.2 Å². The highest BCUT2D eigenvalue weighted by Gasteiger charge is 2.50. The number of carbonyl (C=O) groups excluding carboxylic acids is 2. The molecule has 2 aliphatic heterocycles. The van der Waals surface area contributed by atoms with Crippen LogP contribution >= 0.6 is 0 Å². The number of esters is 2. The maximum Gasteiger partial charge on any atom is 0.338 e. The summed E-state index contributed by atoms with van der Waals surface area (Å²) >= 11 is 0. The Morgan fingerprint density at radius 1 is 0.725 bits per heavy atom. The van der Waals surface area contributed by atoms with Gasteiger partial charge in [-0.25, -0.2) is 9.59 Å². The fourth-order valence-electron chi connectivity index (χ4n) is 4.29. The third kappa shape index (κ3) is 6.77. The van der Waals surface area contributed by atoms with Gasteiger partial charge in [-0.15, -0.1) is 0 Å². The highest BCUT2D eigenvalue weighted by atomic mass is 16.8. The molecule has 0 aliphatic carbocycles. The van der Waals surface area contributed by atoms with E-state index in [9.17, 15) is 29.8 Å². The number of ether oxygens (including phenoxy) is 6. The monoisotopic (exact) mass is 560 g/mol. The molecule has 0 bridgehead atoms. The topological polar surface area (TPSA) is 176 Å². The van der Waals surface area contributed by atoms with Gasteiger partial charge in [-0.3, -0.25) is 20.2 Å². The Kier molecular flexibility index (Phi) is 8.16. The molecule has 4 atom stereocenters. The van der Waals surface area contributed by atoms with Gasteiger partial charge in [-0.2, -0.15) is 0 Å². The first-order chi connectivity index (χ1) is 18.7. The van der Waals surface area contributed by atoms with E-state index < -0.39 is 57.8 Å². The molecule has 2 heterocycles. The van der Waals surface area contributed by atoms with Crippen LogP contribution in [0.2, 0.25) is 0 Å². The average Bonchev–Trinajstić information content (AvgIpc) is 3.46. The van der Waals surface area contributed by atoms with Crippen LogP contribution in [0.1, 0.15) is 48.4 Å². The SMILES string of the molecule is CC1(C)OC[C@@H]([C@H](OC(=O)c2ccc([N+](=O)[O-])cc2)[C@H](OC(=O)c2ccc([N+](=O)[O-])cc2)[C@@H]2COC(C)(C)O2)O1. The summed E-state index contributed by atoms with van der Waals surface area (Å²) in [5.74, 6) is -3.80. The summed E-state index contributed by atoms with van der Waals surface area (Å²) in [6, 6.07) is 9.60. The molecule has 2 aromatic carbocycles. The summed E-state index contributed by atoms with van der Waals surface area (Å²) in [7, 11) is 0. The Labute approximate surface area is 228 Å². The summed E-state index contributed by atoms with van der Waals surface area (Å²) in [5.41, 5.74) is -0.400. The lowest BCUT2D eigenvalue weighted by Crippen LogP contribution is -2.51. The summed E-state index contributed by atoms with van der Waals surface area (Å²) in [5, 5.41) is 22.0. The molecule has 14 heteroatoms. The molecule has 214 valence electrons. The van der Waals surface area contributed by atoms with E-state index in [1.54, 1.807) is 27.7 Å². The fraction of sp³-hybridized carbons (Fsp3) is 0.462. The van der Waals surface area contributed by atoms with Crippen molar-refractivity contribution in [1.82, 2.24) is 0 Å². The summed E-state index contributed by atoms with van der Waals surface area (Å²) in [6.45, 7) is 6.62. The van der Waals surface area contributed by atoms with E-state index in [1.165, 1.54) is 24.3 Å². The largest absolute Gasteiger partial charge is 0.452 e. The first-order valence-electron chi connectivity index (χ1n) is 12.3. The first-order valence-corrected chi connectivity index (χ1v) is 12.3. The van der Waals surface area contributed by atoms with Crippen LogP contribution in [0.15, 0.2) is 48.5 Å². The Morgan fingerprint density at radius 3 is 1.30 bits per heavy atom. The van der Waals surface area contributed by atoms with Crippen LogP contribution in [0.3, 0.4) is 0 Å². The van der Waals surface area contributed by atoms with Gasteiger partial charge in [0.15, 0.2) is 23.8 Å². The van der Waals surface area contributed by atoms with E-state index in [0.717, 1.165) is 24.3 Å². The van der Waals surface area contributed by atoms with Gasteiger partial charge in [0.05, 0.1) is 34.2 Å².